The summed E-state index contributed by atoms with van der Waals surface area (Å²) in [5.74, 6) is 1.27. The van der Waals surface area contributed by atoms with Crippen LogP contribution in [0.15, 0.2) is 328 Å². The quantitative estimate of drug-likeness (QED) is 0.128. The van der Waals surface area contributed by atoms with E-state index in [-0.39, 0.29) is 0 Å². The van der Waals surface area contributed by atoms with Gasteiger partial charge >= 0.3 is 0 Å². The minimum absolute atomic E-state index is 0.634. The number of hydrogen-bond donors (Lipinski definition) is 0. The molecule has 0 bridgehead atoms. The maximum Gasteiger partial charge on any atom is 0.160 e. The van der Waals surface area contributed by atoms with Gasteiger partial charge in [-0.2, -0.15) is 0 Å². The van der Waals surface area contributed by atoms with Crippen molar-refractivity contribution in [2.45, 2.75) is 0 Å². The highest BCUT2D eigenvalue weighted by atomic mass is 15.0. The van der Waals surface area contributed by atoms with Crippen molar-refractivity contribution >= 4 is 65.2 Å². The molecule has 0 fully saturated rings. The maximum atomic E-state index is 5.32. The van der Waals surface area contributed by atoms with E-state index in [4.69, 9.17) is 29.9 Å². The molecule has 18 aromatic rings. The lowest BCUT2D eigenvalue weighted by molar-refractivity contribution is 1.17. The van der Waals surface area contributed by atoms with E-state index in [1.807, 2.05) is 12.4 Å². The largest absolute Gasteiger partial charge is 0.309 e. The monoisotopic (exact) mass is 1200 g/mol. The molecule has 18 rings (SSSR count). The van der Waals surface area contributed by atoms with Gasteiger partial charge in [-0.15, -0.1) is 0 Å². The van der Waals surface area contributed by atoms with Crippen LogP contribution in [-0.2, 0) is 0 Å². The number of fused-ring (bicyclic) bond motifs is 8. The Morgan fingerprint density at radius 2 is 0.457 bits per heavy atom. The summed E-state index contributed by atoms with van der Waals surface area (Å²) < 4.78 is 4.68. The Morgan fingerprint density at radius 3 is 0.787 bits per heavy atom. The van der Waals surface area contributed by atoms with Crippen molar-refractivity contribution in [3.05, 3.63) is 328 Å². The summed E-state index contributed by atoms with van der Waals surface area (Å²) >= 11 is 0. The Kier molecular flexibility index (Phi) is 13.0. The summed E-state index contributed by atoms with van der Waals surface area (Å²) in [4.78, 5) is 30.9. The summed E-state index contributed by atoms with van der Waals surface area (Å²) in [7, 11) is 0. The van der Waals surface area contributed by atoms with E-state index >= 15 is 0 Å². The van der Waals surface area contributed by atoms with Gasteiger partial charge in [-0.25, -0.2) is 19.9 Å². The maximum absolute atomic E-state index is 5.32. The first kappa shape index (κ1) is 54.2. The first-order chi connectivity index (χ1) is 46.6. The highest BCUT2D eigenvalue weighted by molar-refractivity contribution is 6.10. The van der Waals surface area contributed by atoms with Crippen molar-refractivity contribution < 1.29 is 0 Å². The molecular weight excluding hydrogens is 1150 g/mol. The van der Waals surface area contributed by atoms with Gasteiger partial charge in [-0.05, 0) is 94.7 Å². The number of para-hydroxylation sites is 4. The number of rotatable bonds is 11. The van der Waals surface area contributed by atoms with Gasteiger partial charge < -0.3 is 9.13 Å². The molecule has 0 amide bonds. The van der Waals surface area contributed by atoms with Crippen LogP contribution in [0.3, 0.4) is 0 Å². The van der Waals surface area contributed by atoms with Crippen LogP contribution >= 0.6 is 0 Å². The molecule has 438 valence electrons. The average Bonchev–Trinajstić information content (AvgIpc) is 1.62. The minimum Gasteiger partial charge on any atom is -0.309 e. The lowest BCUT2D eigenvalue weighted by Gasteiger charge is -2.13. The van der Waals surface area contributed by atoms with Crippen LogP contribution in [0.4, 0.5) is 0 Å². The van der Waals surface area contributed by atoms with Crippen molar-refractivity contribution in [2.75, 3.05) is 0 Å². The SMILES string of the molecule is c1ccc2c(-c3ccc(-c4cc(-c5ccc(-n6c7ccccc7c7ccccc76)cc5)nc(-c5ccc(-c6ccc(-c7nc(-c8ccc(-c9nccc%10ccccc9%10)cc8)cc(-c8ccc(-n9c%10ccccc%10c%10ccccc%109)cc8)n7)cc6)cc5)n4)cc3)nccc2c1. The molecule has 6 aromatic heterocycles. The van der Waals surface area contributed by atoms with Crippen LogP contribution in [0.2, 0.25) is 0 Å². The zero-order chi connectivity index (χ0) is 62.1. The van der Waals surface area contributed by atoms with Crippen LogP contribution in [0.25, 0.3) is 178 Å². The second-order valence-electron chi connectivity index (χ2n) is 23.8. The molecule has 94 heavy (non-hydrogen) atoms. The topological polar surface area (TPSA) is 87.2 Å². The molecule has 0 aliphatic rings. The summed E-state index contributed by atoms with van der Waals surface area (Å²) in [5, 5.41) is 9.46. The number of hydrogen-bond acceptors (Lipinski definition) is 6. The fourth-order valence-corrected chi connectivity index (χ4v) is 13.6. The van der Waals surface area contributed by atoms with Gasteiger partial charge in [0.05, 0.1) is 56.2 Å². The summed E-state index contributed by atoms with van der Waals surface area (Å²) in [6.45, 7) is 0. The number of nitrogens with zero attached hydrogens (tertiary/aromatic N) is 8. The molecule has 0 radical (unpaired) electrons. The van der Waals surface area contributed by atoms with E-state index in [0.29, 0.717) is 11.6 Å². The molecule has 0 aliphatic heterocycles. The Balaban J connectivity index is 0.683. The fraction of sp³-hybridized carbons (Fsp3) is 0. The fourth-order valence-electron chi connectivity index (χ4n) is 13.6. The van der Waals surface area contributed by atoms with E-state index in [1.54, 1.807) is 0 Å². The Morgan fingerprint density at radius 1 is 0.202 bits per heavy atom. The highest BCUT2D eigenvalue weighted by Gasteiger charge is 2.19. The molecule has 12 aromatic carbocycles. The van der Waals surface area contributed by atoms with E-state index in [9.17, 15) is 0 Å². The summed E-state index contributed by atoms with van der Waals surface area (Å²) in [6, 6.07) is 111. The zero-order valence-corrected chi connectivity index (χ0v) is 50.8. The Bertz CT molecular complexity index is 5450. The third-order valence-corrected chi connectivity index (χ3v) is 18.3. The first-order valence-corrected chi connectivity index (χ1v) is 31.6. The van der Waals surface area contributed by atoms with E-state index in [2.05, 4.69) is 325 Å². The molecule has 0 N–H and O–H groups in total. The van der Waals surface area contributed by atoms with Gasteiger partial charge in [0, 0.05) is 101 Å². The molecule has 0 aliphatic carbocycles. The van der Waals surface area contributed by atoms with E-state index < -0.39 is 0 Å². The molecular formula is C86H54N8. The smallest absolute Gasteiger partial charge is 0.160 e. The standard InChI is InChI=1S/C86H54N8/c1-3-15-69-57(13-1)49-51-87-83(69)63-33-29-59(30-34-63)75-53-77(61-41-45-67(46-42-61)93-79-21-9-5-17-71(79)72-18-6-10-22-80(72)93)91-85(89-75)65-37-25-55(26-38-65)56-27-39-66(40-28-56)86-90-76(60-31-35-64(36-32-60)84-70-16-4-2-14-58(70)50-52-88-84)54-78(92-86)62-43-47-68(48-44-62)94-81-23-11-7-19-73(81)74-20-8-12-24-82(74)94/h1-54H. The number of pyridine rings is 2. The molecule has 0 spiro atoms. The van der Waals surface area contributed by atoms with Crippen molar-refractivity contribution in [2.24, 2.45) is 0 Å². The third-order valence-electron chi connectivity index (χ3n) is 18.3. The van der Waals surface area contributed by atoms with Crippen LogP contribution in [0.5, 0.6) is 0 Å². The molecule has 0 saturated heterocycles. The predicted octanol–water partition coefficient (Wildman–Crippen LogP) is 21.6. The minimum atomic E-state index is 0.634. The van der Waals surface area contributed by atoms with Crippen molar-refractivity contribution in [3.8, 4) is 113 Å². The molecule has 8 nitrogen and oxygen atoms in total. The van der Waals surface area contributed by atoms with Crippen molar-refractivity contribution in [1.82, 2.24) is 39.0 Å². The molecule has 6 heterocycles. The lowest BCUT2D eigenvalue weighted by Crippen LogP contribution is -1.97. The van der Waals surface area contributed by atoms with Gasteiger partial charge in [0.15, 0.2) is 11.6 Å². The second kappa shape index (κ2) is 22.6. The highest BCUT2D eigenvalue weighted by Crippen LogP contribution is 2.39. The number of benzene rings is 12. The normalized spacial score (nSPS) is 11.6. The van der Waals surface area contributed by atoms with Gasteiger partial charge in [0.1, 0.15) is 0 Å². The summed E-state index contributed by atoms with van der Waals surface area (Å²) in [5.41, 5.74) is 22.0. The molecule has 8 heteroatoms. The molecule has 0 atom stereocenters. The Hall–Kier alpha value is -12.8. The summed E-state index contributed by atoms with van der Waals surface area (Å²) in [6.07, 6.45) is 3.76. The Labute approximate surface area is 541 Å². The van der Waals surface area contributed by atoms with Gasteiger partial charge in [-0.1, -0.05) is 243 Å². The average molecular weight is 1200 g/mol. The molecule has 0 saturated carbocycles. The third kappa shape index (κ3) is 9.56. The van der Waals surface area contributed by atoms with Gasteiger partial charge in [-0.3, -0.25) is 9.97 Å². The van der Waals surface area contributed by atoms with Crippen LogP contribution in [0.1, 0.15) is 0 Å². The van der Waals surface area contributed by atoms with Gasteiger partial charge in [0.25, 0.3) is 0 Å². The van der Waals surface area contributed by atoms with Crippen molar-refractivity contribution in [3.63, 3.8) is 0 Å². The van der Waals surface area contributed by atoms with E-state index in [0.717, 1.165) is 123 Å². The first-order valence-electron chi connectivity index (χ1n) is 31.6. The van der Waals surface area contributed by atoms with Crippen LogP contribution in [0, 0.1) is 0 Å². The van der Waals surface area contributed by atoms with Gasteiger partial charge in [0.2, 0.25) is 0 Å². The second-order valence-corrected chi connectivity index (χ2v) is 23.8. The predicted molar refractivity (Wildman–Crippen MR) is 386 cm³/mol. The van der Waals surface area contributed by atoms with E-state index in [1.165, 1.54) is 43.6 Å². The zero-order valence-electron chi connectivity index (χ0n) is 50.8. The van der Waals surface area contributed by atoms with Crippen LogP contribution < -0.4 is 0 Å². The van der Waals surface area contributed by atoms with Crippen molar-refractivity contribution in [1.29, 1.82) is 0 Å². The lowest BCUT2D eigenvalue weighted by atomic mass is 10.00. The van der Waals surface area contributed by atoms with Crippen LogP contribution in [-0.4, -0.2) is 39.0 Å². The molecule has 0 unspecified atom stereocenters. The number of aromatic nitrogens is 8.